The van der Waals surface area contributed by atoms with E-state index in [2.05, 4.69) is 17.6 Å². The number of hydrogen-bond donors (Lipinski definition) is 1. The van der Waals surface area contributed by atoms with Crippen LogP contribution in [0.5, 0.6) is 0 Å². The number of aromatic nitrogens is 1. The van der Waals surface area contributed by atoms with E-state index < -0.39 is 0 Å². The summed E-state index contributed by atoms with van der Waals surface area (Å²) in [7, 11) is 1.75. The number of thiol groups is 1. The Labute approximate surface area is 105 Å². The van der Waals surface area contributed by atoms with Crippen LogP contribution in [-0.4, -0.2) is 23.7 Å². The second-order valence-electron chi connectivity index (χ2n) is 3.81. The van der Waals surface area contributed by atoms with Crippen molar-refractivity contribution in [2.75, 3.05) is 17.7 Å². The third-order valence-electron chi connectivity index (χ3n) is 2.57. The van der Waals surface area contributed by atoms with E-state index in [0.717, 1.165) is 16.8 Å². The molecule has 0 radical (unpaired) electrons. The van der Waals surface area contributed by atoms with Crippen LogP contribution in [0.15, 0.2) is 22.6 Å². The van der Waals surface area contributed by atoms with Crippen molar-refractivity contribution in [2.45, 2.75) is 13.3 Å². The minimum Gasteiger partial charge on any atom is -0.441 e. The molecule has 0 atom stereocenters. The van der Waals surface area contributed by atoms with E-state index in [4.69, 9.17) is 4.42 Å². The van der Waals surface area contributed by atoms with Gasteiger partial charge in [-0.25, -0.2) is 4.98 Å². The number of hydrogen-bond acceptors (Lipinski definition) is 4. The van der Waals surface area contributed by atoms with Crippen molar-refractivity contribution in [1.82, 2.24) is 4.98 Å². The third-order valence-corrected chi connectivity index (χ3v) is 2.79. The number of nitrogens with zero attached hydrogens (tertiary/aromatic N) is 2. The maximum absolute atomic E-state index is 11.7. The van der Waals surface area contributed by atoms with E-state index in [9.17, 15) is 4.79 Å². The topological polar surface area (TPSA) is 46.3 Å². The normalized spacial score (nSPS) is 10.8. The average molecular weight is 250 g/mol. The lowest BCUT2D eigenvalue weighted by Gasteiger charge is -2.16. The summed E-state index contributed by atoms with van der Waals surface area (Å²) in [4.78, 5) is 17.6. The zero-order valence-electron chi connectivity index (χ0n) is 9.80. The van der Waals surface area contributed by atoms with Gasteiger partial charge in [0.15, 0.2) is 11.5 Å². The number of amides is 1. The first-order chi connectivity index (χ1) is 8.11. The van der Waals surface area contributed by atoms with Gasteiger partial charge in [0.05, 0.1) is 0 Å². The van der Waals surface area contributed by atoms with E-state index in [1.807, 2.05) is 18.2 Å². The summed E-state index contributed by atoms with van der Waals surface area (Å²) in [5.74, 6) is 1.22. The van der Waals surface area contributed by atoms with E-state index >= 15 is 0 Å². The molecule has 1 aromatic heterocycles. The van der Waals surface area contributed by atoms with Gasteiger partial charge in [-0.2, -0.15) is 12.6 Å². The Bertz CT molecular complexity index is 550. The van der Waals surface area contributed by atoms with Gasteiger partial charge in [0.2, 0.25) is 5.91 Å². The van der Waals surface area contributed by atoms with Gasteiger partial charge in [-0.1, -0.05) is 0 Å². The van der Waals surface area contributed by atoms with Gasteiger partial charge in [-0.15, -0.1) is 0 Å². The van der Waals surface area contributed by atoms with Gasteiger partial charge >= 0.3 is 0 Å². The molecule has 0 unspecified atom stereocenters. The van der Waals surface area contributed by atoms with Crippen LogP contribution < -0.4 is 4.90 Å². The molecule has 0 aliphatic rings. The molecule has 1 heterocycles. The number of aryl methyl sites for hydroxylation is 1. The van der Waals surface area contributed by atoms with Crippen molar-refractivity contribution in [3.63, 3.8) is 0 Å². The highest BCUT2D eigenvalue weighted by atomic mass is 32.1. The first kappa shape index (κ1) is 12.0. The summed E-state index contributed by atoms with van der Waals surface area (Å²) >= 11 is 4.05. The van der Waals surface area contributed by atoms with Gasteiger partial charge < -0.3 is 9.32 Å². The Morgan fingerprint density at radius 1 is 1.53 bits per heavy atom. The van der Waals surface area contributed by atoms with Crippen LogP contribution in [0.2, 0.25) is 0 Å². The standard InChI is InChI=1S/C12H14N2O2S/c1-8-13-10-7-9(3-4-11(10)16-8)14(2)12(15)5-6-17/h3-4,7,17H,5-6H2,1-2H3. The summed E-state index contributed by atoms with van der Waals surface area (Å²) < 4.78 is 5.38. The lowest BCUT2D eigenvalue weighted by atomic mass is 10.2. The van der Waals surface area contributed by atoms with Gasteiger partial charge in [0.25, 0.3) is 0 Å². The van der Waals surface area contributed by atoms with Gasteiger partial charge in [0.1, 0.15) is 5.52 Å². The predicted molar refractivity (Wildman–Crippen MR) is 70.6 cm³/mol. The van der Waals surface area contributed by atoms with E-state index in [-0.39, 0.29) is 5.91 Å². The molecule has 0 aliphatic heterocycles. The second-order valence-corrected chi connectivity index (χ2v) is 4.26. The summed E-state index contributed by atoms with van der Waals surface area (Å²) in [6.45, 7) is 1.80. The number of carbonyl (C=O) groups excluding carboxylic acids is 1. The van der Waals surface area contributed by atoms with Crippen LogP contribution in [-0.2, 0) is 4.79 Å². The molecule has 1 aromatic carbocycles. The molecule has 2 aromatic rings. The first-order valence-electron chi connectivity index (χ1n) is 5.36. The third kappa shape index (κ3) is 2.44. The zero-order chi connectivity index (χ0) is 12.4. The van der Waals surface area contributed by atoms with E-state index in [0.29, 0.717) is 18.1 Å². The van der Waals surface area contributed by atoms with Crippen molar-refractivity contribution in [3.8, 4) is 0 Å². The van der Waals surface area contributed by atoms with Gasteiger partial charge in [0, 0.05) is 26.1 Å². The quantitative estimate of drug-likeness (QED) is 0.851. The van der Waals surface area contributed by atoms with Crippen LogP contribution >= 0.6 is 12.6 Å². The number of carbonyl (C=O) groups is 1. The Kier molecular flexibility index (Phi) is 3.38. The summed E-state index contributed by atoms with van der Waals surface area (Å²) in [6, 6.07) is 5.53. The summed E-state index contributed by atoms with van der Waals surface area (Å²) in [5.41, 5.74) is 2.32. The molecule has 0 saturated carbocycles. The summed E-state index contributed by atoms with van der Waals surface area (Å²) in [5, 5.41) is 0. The highest BCUT2D eigenvalue weighted by molar-refractivity contribution is 7.80. The smallest absolute Gasteiger partial charge is 0.227 e. The fourth-order valence-corrected chi connectivity index (χ4v) is 1.84. The highest BCUT2D eigenvalue weighted by Crippen LogP contribution is 2.22. The fraction of sp³-hybridized carbons (Fsp3) is 0.333. The molecule has 17 heavy (non-hydrogen) atoms. The van der Waals surface area contributed by atoms with E-state index in [1.165, 1.54) is 0 Å². The largest absolute Gasteiger partial charge is 0.441 e. The molecular weight excluding hydrogens is 236 g/mol. The SMILES string of the molecule is Cc1nc2cc(N(C)C(=O)CCS)ccc2o1. The molecule has 0 spiro atoms. The minimum absolute atomic E-state index is 0.0413. The second kappa shape index (κ2) is 4.79. The van der Waals surface area contributed by atoms with Crippen LogP contribution in [0.3, 0.4) is 0 Å². The number of oxazole rings is 1. The Morgan fingerprint density at radius 2 is 2.29 bits per heavy atom. The van der Waals surface area contributed by atoms with Crippen LogP contribution in [0.25, 0.3) is 11.1 Å². The minimum atomic E-state index is 0.0413. The van der Waals surface area contributed by atoms with Crippen LogP contribution in [0.4, 0.5) is 5.69 Å². The van der Waals surface area contributed by atoms with Crippen LogP contribution in [0, 0.1) is 6.92 Å². The molecule has 0 bridgehead atoms. The molecule has 1 amide bonds. The number of fused-ring (bicyclic) bond motifs is 1. The average Bonchev–Trinajstić information content (AvgIpc) is 2.67. The maximum Gasteiger partial charge on any atom is 0.227 e. The van der Waals surface area contributed by atoms with Crippen molar-refractivity contribution in [3.05, 3.63) is 24.1 Å². The molecule has 0 fully saturated rings. The van der Waals surface area contributed by atoms with Crippen molar-refractivity contribution >= 4 is 35.3 Å². The molecule has 0 saturated heterocycles. The Morgan fingerprint density at radius 3 is 3.00 bits per heavy atom. The molecule has 0 N–H and O–H groups in total. The lowest BCUT2D eigenvalue weighted by molar-refractivity contribution is -0.117. The number of benzene rings is 1. The maximum atomic E-state index is 11.7. The lowest BCUT2D eigenvalue weighted by Crippen LogP contribution is -2.26. The molecule has 4 nitrogen and oxygen atoms in total. The van der Waals surface area contributed by atoms with Crippen molar-refractivity contribution in [1.29, 1.82) is 0 Å². The predicted octanol–water partition coefficient (Wildman–Crippen LogP) is 2.42. The summed E-state index contributed by atoms with van der Waals surface area (Å²) in [6.07, 6.45) is 0.426. The van der Waals surface area contributed by atoms with Crippen LogP contribution in [0.1, 0.15) is 12.3 Å². The van der Waals surface area contributed by atoms with Crippen molar-refractivity contribution in [2.24, 2.45) is 0 Å². The first-order valence-corrected chi connectivity index (χ1v) is 5.99. The van der Waals surface area contributed by atoms with E-state index in [1.54, 1.807) is 18.9 Å². The zero-order valence-corrected chi connectivity index (χ0v) is 10.7. The molecule has 5 heteroatoms. The monoisotopic (exact) mass is 250 g/mol. The van der Waals surface area contributed by atoms with Gasteiger partial charge in [-0.05, 0) is 24.0 Å². The molecule has 90 valence electrons. The highest BCUT2D eigenvalue weighted by Gasteiger charge is 2.11. The van der Waals surface area contributed by atoms with Gasteiger partial charge in [-0.3, -0.25) is 4.79 Å². The molecule has 0 aliphatic carbocycles. The fourth-order valence-electron chi connectivity index (χ4n) is 1.65. The Hall–Kier alpha value is -1.49. The Balaban J connectivity index is 2.32. The number of anilines is 1. The molecular formula is C12H14N2O2S. The van der Waals surface area contributed by atoms with Crippen molar-refractivity contribution < 1.29 is 9.21 Å². The molecule has 2 rings (SSSR count). The number of rotatable bonds is 3.